The molecule has 0 bridgehead atoms. The monoisotopic (exact) mass is 286 g/mol. The Labute approximate surface area is 106 Å². The molecule has 0 saturated carbocycles. The van der Waals surface area contributed by atoms with Crippen LogP contribution in [0, 0.1) is 0 Å². The first-order valence-electron chi connectivity index (χ1n) is 5.45. The van der Waals surface area contributed by atoms with Gasteiger partial charge in [-0.15, -0.1) is 0 Å². The average molecular weight is 287 g/mol. The summed E-state index contributed by atoms with van der Waals surface area (Å²) in [6, 6.07) is 6.24. The fourth-order valence-electron chi connectivity index (χ4n) is 1.58. The maximum atomic E-state index is 5.60. The number of anilines is 1. The number of hydrogen-bond donors (Lipinski definition) is 1. The van der Waals surface area contributed by atoms with Gasteiger partial charge in [-0.3, -0.25) is 0 Å². The van der Waals surface area contributed by atoms with Crippen LogP contribution in [0.5, 0.6) is 0 Å². The van der Waals surface area contributed by atoms with Gasteiger partial charge in [-0.2, -0.15) is 0 Å². The summed E-state index contributed by atoms with van der Waals surface area (Å²) in [5.74, 6) is 0. The number of halogens is 1. The van der Waals surface area contributed by atoms with Gasteiger partial charge in [-0.05, 0) is 40.5 Å². The molecule has 16 heavy (non-hydrogen) atoms. The van der Waals surface area contributed by atoms with Crippen LogP contribution in [0.25, 0.3) is 0 Å². The molecule has 3 nitrogen and oxygen atoms in total. The van der Waals surface area contributed by atoms with Gasteiger partial charge in [0.15, 0.2) is 0 Å². The van der Waals surface area contributed by atoms with E-state index in [4.69, 9.17) is 10.5 Å². The average Bonchev–Trinajstić information content (AvgIpc) is 2.31. The molecular weight excluding hydrogens is 268 g/mol. The molecule has 90 valence electrons. The van der Waals surface area contributed by atoms with Crippen LogP contribution >= 0.6 is 15.9 Å². The molecule has 0 aliphatic rings. The zero-order valence-corrected chi connectivity index (χ0v) is 11.5. The van der Waals surface area contributed by atoms with E-state index in [2.05, 4.69) is 46.0 Å². The minimum Gasteiger partial charge on any atom is -0.383 e. The smallest absolute Gasteiger partial charge is 0.0637 e. The molecule has 1 aromatic rings. The van der Waals surface area contributed by atoms with E-state index in [9.17, 15) is 0 Å². The van der Waals surface area contributed by atoms with Crippen molar-refractivity contribution in [1.29, 1.82) is 0 Å². The lowest BCUT2D eigenvalue weighted by molar-refractivity contribution is 0.205. The van der Waals surface area contributed by atoms with Crippen molar-refractivity contribution in [2.45, 2.75) is 13.5 Å². The predicted molar refractivity (Wildman–Crippen MR) is 71.8 cm³/mol. The molecule has 0 amide bonds. The van der Waals surface area contributed by atoms with Gasteiger partial charge in [0.2, 0.25) is 0 Å². The van der Waals surface area contributed by atoms with Crippen molar-refractivity contribution in [2.75, 3.05) is 31.7 Å². The van der Waals surface area contributed by atoms with E-state index >= 15 is 0 Å². The third kappa shape index (κ3) is 3.47. The summed E-state index contributed by atoms with van der Waals surface area (Å²) < 4.78 is 6.19. The highest BCUT2D eigenvalue weighted by atomic mass is 79.9. The highest BCUT2D eigenvalue weighted by molar-refractivity contribution is 9.10. The number of likely N-dealkylation sites (N-methyl/N-ethyl adjacent to an activating group) is 1. The summed E-state index contributed by atoms with van der Waals surface area (Å²) in [7, 11) is 1.72. The fourth-order valence-corrected chi connectivity index (χ4v) is 2.26. The molecule has 4 heteroatoms. The zero-order valence-electron chi connectivity index (χ0n) is 9.87. The van der Waals surface area contributed by atoms with Crippen LogP contribution in [0.1, 0.15) is 12.5 Å². The number of nitrogens with zero attached hydrogens (tertiary/aromatic N) is 1. The molecule has 0 heterocycles. The van der Waals surface area contributed by atoms with E-state index in [0.29, 0.717) is 6.54 Å². The third-order valence-corrected chi connectivity index (χ3v) is 3.17. The first-order valence-corrected chi connectivity index (χ1v) is 6.24. The largest absolute Gasteiger partial charge is 0.383 e. The second-order valence-corrected chi connectivity index (χ2v) is 4.42. The standard InChI is InChI=1S/C12H19BrN2O/c1-3-15(6-7-16-2)12-5-4-10(9-14)8-11(12)13/h4-5,8H,3,6-7,9,14H2,1-2H3. The lowest BCUT2D eigenvalue weighted by Gasteiger charge is -2.24. The Morgan fingerprint density at radius 2 is 2.19 bits per heavy atom. The summed E-state index contributed by atoms with van der Waals surface area (Å²) >= 11 is 3.58. The number of nitrogens with two attached hydrogens (primary N) is 1. The molecule has 0 aliphatic heterocycles. The van der Waals surface area contributed by atoms with Gasteiger partial charge in [-0.25, -0.2) is 0 Å². The van der Waals surface area contributed by atoms with E-state index in [0.717, 1.165) is 29.7 Å². The first-order chi connectivity index (χ1) is 7.72. The first kappa shape index (κ1) is 13.5. The minimum atomic E-state index is 0.572. The third-order valence-electron chi connectivity index (χ3n) is 2.54. The molecule has 0 saturated heterocycles. The van der Waals surface area contributed by atoms with Gasteiger partial charge in [0.1, 0.15) is 0 Å². The number of methoxy groups -OCH3 is 1. The molecule has 0 atom stereocenters. The SMILES string of the molecule is CCN(CCOC)c1ccc(CN)cc1Br. The van der Waals surface area contributed by atoms with E-state index in [1.807, 2.05) is 0 Å². The van der Waals surface area contributed by atoms with Crippen molar-refractivity contribution in [3.05, 3.63) is 28.2 Å². The molecule has 0 aliphatic carbocycles. The number of ether oxygens (including phenoxy) is 1. The van der Waals surface area contributed by atoms with Crippen LogP contribution in [0.3, 0.4) is 0 Å². The van der Waals surface area contributed by atoms with Crippen LogP contribution in [0.2, 0.25) is 0 Å². The van der Waals surface area contributed by atoms with Crippen molar-refractivity contribution in [3.8, 4) is 0 Å². The van der Waals surface area contributed by atoms with Gasteiger partial charge in [-0.1, -0.05) is 6.07 Å². The number of hydrogen-bond acceptors (Lipinski definition) is 3. The number of benzene rings is 1. The Morgan fingerprint density at radius 1 is 1.44 bits per heavy atom. The van der Waals surface area contributed by atoms with Gasteiger partial charge in [0.25, 0.3) is 0 Å². The lowest BCUT2D eigenvalue weighted by Crippen LogP contribution is -2.27. The molecule has 2 N–H and O–H groups in total. The van der Waals surface area contributed by atoms with E-state index in [1.54, 1.807) is 7.11 Å². The van der Waals surface area contributed by atoms with Crippen LogP contribution in [-0.2, 0) is 11.3 Å². The molecular formula is C12H19BrN2O. The summed E-state index contributed by atoms with van der Waals surface area (Å²) in [5, 5.41) is 0. The van der Waals surface area contributed by atoms with Crippen molar-refractivity contribution in [1.82, 2.24) is 0 Å². The minimum absolute atomic E-state index is 0.572. The molecule has 0 spiro atoms. The zero-order chi connectivity index (χ0) is 12.0. The van der Waals surface area contributed by atoms with Crippen LogP contribution in [0.4, 0.5) is 5.69 Å². The summed E-state index contributed by atoms with van der Waals surface area (Å²) in [4.78, 5) is 2.27. The number of rotatable bonds is 6. The van der Waals surface area contributed by atoms with Crippen molar-refractivity contribution in [3.63, 3.8) is 0 Å². The maximum absolute atomic E-state index is 5.60. The highest BCUT2D eigenvalue weighted by Crippen LogP contribution is 2.27. The Bertz CT molecular complexity index is 331. The summed E-state index contributed by atoms with van der Waals surface area (Å²) in [6.45, 7) is 5.30. The Balaban J connectivity index is 2.83. The van der Waals surface area contributed by atoms with Gasteiger partial charge >= 0.3 is 0 Å². The summed E-state index contributed by atoms with van der Waals surface area (Å²) in [6.07, 6.45) is 0. The molecule has 1 rings (SSSR count). The fraction of sp³-hybridized carbons (Fsp3) is 0.500. The van der Waals surface area contributed by atoms with Crippen molar-refractivity contribution >= 4 is 21.6 Å². The Morgan fingerprint density at radius 3 is 2.69 bits per heavy atom. The van der Waals surface area contributed by atoms with Crippen LogP contribution in [0.15, 0.2) is 22.7 Å². The quantitative estimate of drug-likeness (QED) is 0.873. The van der Waals surface area contributed by atoms with E-state index in [-0.39, 0.29) is 0 Å². The van der Waals surface area contributed by atoms with Gasteiger partial charge in [0, 0.05) is 31.2 Å². The molecule has 0 unspecified atom stereocenters. The van der Waals surface area contributed by atoms with E-state index in [1.165, 1.54) is 5.69 Å². The molecule has 0 radical (unpaired) electrons. The van der Waals surface area contributed by atoms with Crippen molar-refractivity contribution in [2.24, 2.45) is 5.73 Å². The second-order valence-electron chi connectivity index (χ2n) is 3.56. The van der Waals surface area contributed by atoms with Crippen LogP contribution in [-0.4, -0.2) is 26.8 Å². The van der Waals surface area contributed by atoms with Gasteiger partial charge < -0.3 is 15.4 Å². The second kappa shape index (κ2) is 6.89. The van der Waals surface area contributed by atoms with Gasteiger partial charge in [0.05, 0.1) is 12.3 Å². The molecule has 0 fully saturated rings. The topological polar surface area (TPSA) is 38.5 Å². The van der Waals surface area contributed by atoms with Crippen LogP contribution < -0.4 is 10.6 Å². The van der Waals surface area contributed by atoms with E-state index < -0.39 is 0 Å². The summed E-state index contributed by atoms with van der Waals surface area (Å²) in [5.41, 5.74) is 7.93. The Hall–Kier alpha value is -0.580. The van der Waals surface area contributed by atoms with Crippen molar-refractivity contribution < 1.29 is 4.74 Å². The lowest BCUT2D eigenvalue weighted by atomic mass is 10.2. The Kier molecular flexibility index (Phi) is 5.80. The predicted octanol–water partition coefficient (Wildman–Crippen LogP) is 2.38. The maximum Gasteiger partial charge on any atom is 0.0637 e. The molecule has 0 aromatic heterocycles. The highest BCUT2D eigenvalue weighted by Gasteiger charge is 2.08. The molecule has 1 aromatic carbocycles. The normalized spacial score (nSPS) is 10.5.